The van der Waals surface area contributed by atoms with Crippen molar-refractivity contribution in [1.29, 1.82) is 0 Å². The minimum absolute atomic E-state index is 0.571. The van der Waals surface area contributed by atoms with Gasteiger partial charge in [0.05, 0.1) is 0 Å². The number of aldehydes is 1. The molecule has 0 aromatic rings. The van der Waals surface area contributed by atoms with E-state index in [4.69, 9.17) is 11.6 Å². The third kappa shape index (κ3) is 4.66. The van der Waals surface area contributed by atoms with Crippen molar-refractivity contribution in [3.05, 3.63) is 0 Å². The van der Waals surface area contributed by atoms with Gasteiger partial charge in [0.2, 0.25) is 0 Å². The number of fused-ring (bicyclic) bond motifs is 5. The Morgan fingerprint density at radius 1 is 1.00 bits per heavy atom. The molecule has 0 amide bonds. The van der Waals surface area contributed by atoms with Crippen molar-refractivity contribution in [2.24, 2.45) is 46.3 Å². The van der Waals surface area contributed by atoms with E-state index in [-0.39, 0.29) is 0 Å². The smallest absolute Gasteiger partial charge is 0.120 e. The number of rotatable bonds is 6. The van der Waals surface area contributed by atoms with Crippen molar-refractivity contribution in [1.82, 2.24) is 5.32 Å². The van der Waals surface area contributed by atoms with E-state index in [0.717, 1.165) is 61.2 Å². The number of halogens is 1. The molecule has 0 radical (unpaired) electrons. The molecular formula is C27H48ClNO. The zero-order chi connectivity index (χ0) is 21.8. The fraction of sp³-hybridized carbons (Fsp3) is 0.963. The van der Waals surface area contributed by atoms with Gasteiger partial charge in [-0.25, -0.2) is 0 Å². The third-order valence-electron chi connectivity index (χ3n) is 10.4. The second kappa shape index (κ2) is 10.7. The summed E-state index contributed by atoms with van der Waals surface area (Å²) in [6.45, 7) is 8.68. The first-order valence-corrected chi connectivity index (χ1v) is 13.6. The molecule has 3 heteroatoms. The quantitative estimate of drug-likeness (QED) is 0.354. The van der Waals surface area contributed by atoms with Crippen molar-refractivity contribution in [2.75, 3.05) is 19.5 Å². The largest absolute Gasteiger partial charge is 0.319 e. The fourth-order valence-electron chi connectivity index (χ4n) is 8.90. The van der Waals surface area contributed by atoms with Crippen LogP contribution in [-0.2, 0) is 4.79 Å². The molecular weight excluding hydrogens is 390 g/mol. The molecule has 8 atom stereocenters. The van der Waals surface area contributed by atoms with Crippen LogP contribution in [0, 0.1) is 46.3 Å². The van der Waals surface area contributed by atoms with Gasteiger partial charge in [-0.3, -0.25) is 0 Å². The molecule has 0 aliphatic heterocycles. The van der Waals surface area contributed by atoms with Crippen molar-refractivity contribution >= 4 is 17.9 Å². The van der Waals surface area contributed by atoms with Gasteiger partial charge in [0, 0.05) is 18.8 Å². The highest BCUT2D eigenvalue weighted by Crippen LogP contribution is 2.68. The van der Waals surface area contributed by atoms with E-state index < -0.39 is 0 Å². The first kappa shape index (κ1) is 24.6. The predicted molar refractivity (Wildman–Crippen MR) is 129 cm³/mol. The van der Waals surface area contributed by atoms with Crippen LogP contribution in [0.2, 0.25) is 0 Å². The number of hydrogen-bond acceptors (Lipinski definition) is 2. The van der Waals surface area contributed by atoms with Gasteiger partial charge in [-0.05, 0) is 111 Å². The monoisotopic (exact) mass is 437 g/mol. The first-order chi connectivity index (χ1) is 14.4. The Hall–Kier alpha value is -0.0800. The molecule has 4 aliphatic rings. The Morgan fingerprint density at radius 2 is 1.77 bits per heavy atom. The standard InChI is InChI=1S/C24H40O.C3H8ClN/c1-17(7-6-16-25)20-11-12-21-19-10-9-18-8-4-5-14-23(18,2)22(19)13-15-24(20,21)3;1-5-3-2-4/h16-22H,4-15H2,1-3H3;5H,2-3H2,1H3. The van der Waals surface area contributed by atoms with Crippen molar-refractivity contribution in [3.8, 4) is 0 Å². The molecule has 0 aromatic carbocycles. The van der Waals surface area contributed by atoms with E-state index in [9.17, 15) is 4.79 Å². The fourth-order valence-corrected chi connectivity index (χ4v) is 9.09. The summed E-state index contributed by atoms with van der Waals surface area (Å²) < 4.78 is 0. The van der Waals surface area contributed by atoms with E-state index in [1.54, 1.807) is 0 Å². The molecule has 4 fully saturated rings. The molecule has 4 aliphatic carbocycles. The van der Waals surface area contributed by atoms with Gasteiger partial charge in [-0.15, -0.1) is 11.6 Å². The number of hydrogen-bond donors (Lipinski definition) is 1. The maximum Gasteiger partial charge on any atom is 0.120 e. The zero-order valence-electron chi connectivity index (χ0n) is 20.2. The van der Waals surface area contributed by atoms with Crippen molar-refractivity contribution in [2.45, 2.75) is 97.8 Å². The van der Waals surface area contributed by atoms with Crippen LogP contribution in [0.5, 0.6) is 0 Å². The average Bonchev–Trinajstić information content (AvgIpc) is 3.10. The number of nitrogens with one attached hydrogen (secondary N) is 1. The molecule has 0 spiro atoms. The lowest BCUT2D eigenvalue weighted by Gasteiger charge is -2.61. The summed E-state index contributed by atoms with van der Waals surface area (Å²) in [5, 5.41) is 2.89. The number of alkyl halides is 1. The second-order valence-electron chi connectivity index (χ2n) is 11.6. The van der Waals surface area contributed by atoms with Crippen molar-refractivity contribution < 1.29 is 4.79 Å². The van der Waals surface area contributed by atoms with E-state index >= 15 is 0 Å². The predicted octanol–water partition coefficient (Wildman–Crippen LogP) is 7.10. The van der Waals surface area contributed by atoms with Crippen LogP contribution in [0.1, 0.15) is 97.8 Å². The summed E-state index contributed by atoms with van der Waals surface area (Å²) in [7, 11) is 1.88. The lowest BCUT2D eigenvalue weighted by atomic mass is 9.44. The lowest BCUT2D eigenvalue weighted by Crippen LogP contribution is -2.53. The highest BCUT2D eigenvalue weighted by Gasteiger charge is 2.59. The maximum atomic E-state index is 10.8. The van der Waals surface area contributed by atoms with Gasteiger partial charge in [0.15, 0.2) is 0 Å². The van der Waals surface area contributed by atoms with E-state index in [1.165, 1.54) is 64.2 Å². The summed E-state index contributed by atoms with van der Waals surface area (Å²) in [5.74, 6) is 6.37. The molecule has 0 heterocycles. The molecule has 4 rings (SSSR count). The van der Waals surface area contributed by atoms with Crippen LogP contribution >= 0.6 is 11.6 Å². The van der Waals surface area contributed by atoms with E-state index in [0.29, 0.717) is 16.7 Å². The molecule has 0 saturated heterocycles. The van der Waals surface area contributed by atoms with Gasteiger partial charge in [0.25, 0.3) is 0 Å². The van der Waals surface area contributed by atoms with Gasteiger partial charge in [-0.2, -0.15) is 0 Å². The van der Waals surface area contributed by atoms with Crippen LogP contribution in [0.3, 0.4) is 0 Å². The van der Waals surface area contributed by atoms with Crippen LogP contribution in [0.4, 0.5) is 0 Å². The van der Waals surface area contributed by atoms with Crippen LogP contribution in [0.25, 0.3) is 0 Å². The zero-order valence-corrected chi connectivity index (χ0v) is 21.0. The van der Waals surface area contributed by atoms with Crippen LogP contribution in [-0.4, -0.2) is 25.8 Å². The molecule has 174 valence electrons. The molecule has 0 aromatic heterocycles. The molecule has 4 saturated carbocycles. The topological polar surface area (TPSA) is 29.1 Å². The molecule has 2 nitrogen and oxygen atoms in total. The Bertz CT molecular complexity index is 551. The van der Waals surface area contributed by atoms with E-state index in [1.807, 2.05) is 7.05 Å². The molecule has 30 heavy (non-hydrogen) atoms. The highest BCUT2D eigenvalue weighted by atomic mass is 35.5. The van der Waals surface area contributed by atoms with Gasteiger partial charge < -0.3 is 10.1 Å². The highest BCUT2D eigenvalue weighted by molar-refractivity contribution is 6.18. The minimum atomic E-state index is 0.571. The second-order valence-corrected chi connectivity index (χ2v) is 12.0. The number of carbonyl (C=O) groups is 1. The number of carbonyl (C=O) groups excluding carboxylic acids is 1. The Morgan fingerprint density at radius 3 is 2.43 bits per heavy atom. The van der Waals surface area contributed by atoms with Crippen LogP contribution in [0.15, 0.2) is 0 Å². The Balaban J connectivity index is 0.000000461. The summed E-state index contributed by atoms with van der Waals surface area (Å²) in [6, 6.07) is 0. The van der Waals surface area contributed by atoms with Gasteiger partial charge in [-0.1, -0.05) is 33.6 Å². The first-order valence-electron chi connectivity index (χ1n) is 13.1. The third-order valence-corrected chi connectivity index (χ3v) is 10.6. The summed E-state index contributed by atoms with van der Waals surface area (Å²) in [5.41, 5.74) is 1.24. The average molecular weight is 438 g/mol. The molecule has 8 unspecified atom stereocenters. The Kier molecular flexibility index (Phi) is 8.75. The van der Waals surface area contributed by atoms with Crippen LogP contribution < -0.4 is 5.32 Å². The van der Waals surface area contributed by atoms with Gasteiger partial charge >= 0.3 is 0 Å². The lowest BCUT2D eigenvalue weighted by molar-refractivity contribution is -0.115. The normalized spacial score (nSPS) is 43.4. The summed E-state index contributed by atoms with van der Waals surface area (Å²) in [4.78, 5) is 10.8. The SMILES string of the molecule is CC(CCC=O)C1CCC2C3CCC4CCCCC4(C)C3CCC12C.CNCCCl. The minimum Gasteiger partial charge on any atom is -0.319 e. The van der Waals surface area contributed by atoms with Crippen molar-refractivity contribution in [3.63, 3.8) is 0 Å². The molecule has 0 bridgehead atoms. The maximum absolute atomic E-state index is 10.8. The summed E-state index contributed by atoms with van der Waals surface area (Å²) >= 11 is 5.24. The van der Waals surface area contributed by atoms with Gasteiger partial charge in [0.1, 0.15) is 6.29 Å². The molecule has 1 N–H and O–H groups in total. The Labute approximate surface area is 191 Å². The van der Waals surface area contributed by atoms with E-state index in [2.05, 4.69) is 26.1 Å². The summed E-state index contributed by atoms with van der Waals surface area (Å²) in [6.07, 6.45) is 18.0.